The van der Waals surface area contributed by atoms with Crippen LogP contribution in [0.4, 0.5) is 11.4 Å². The molecule has 0 heterocycles. The maximum atomic E-state index is 11.9. The zero-order valence-electron chi connectivity index (χ0n) is 17.1. The van der Waals surface area contributed by atoms with E-state index in [0.717, 1.165) is 24.2 Å². The van der Waals surface area contributed by atoms with E-state index in [0.29, 0.717) is 12.8 Å². The first-order valence-corrected chi connectivity index (χ1v) is 10.9. The molecule has 0 spiro atoms. The lowest BCUT2D eigenvalue weighted by atomic mass is 10.0. The third-order valence-electron chi connectivity index (χ3n) is 4.90. The number of benzene rings is 1. The number of unbranched alkanes of at least 4 members (excludes halogenated alkanes) is 12. The molecule has 0 aliphatic carbocycles. The molecule has 1 rings (SSSR count). The number of nitrogens with one attached hydrogen (secondary N) is 2. The molecule has 1 aromatic rings. The van der Waals surface area contributed by atoms with E-state index >= 15 is 0 Å². The predicted molar refractivity (Wildman–Crippen MR) is 115 cm³/mol. The van der Waals surface area contributed by atoms with Gasteiger partial charge in [0.2, 0.25) is 12.3 Å². The number of anilines is 2. The average molecular weight is 375 g/mol. The van der Waals surface area contributed by atoms with Crippen molar-refractivity contribution < 1.29 is 9.59 Å². The Labute approximate surface area is 165 Å². The molecule has 1 aromatic carbocycles. The summed E-state index contributed by atoms with van der Waals surface area (Å²) < 4.78 is 0. The van der Waals surface area contributed by atoms with Gasteiger partial charge in [-0.3, -0.25) is 9.59 Å². The summed E-state index contributed by atoms with van der Waals surface area (Å²) in [6.45, 7) is 2.26. The quantitative estimate of drug-likeness (QED) is 0.236. The van der Waals surface area contributed by atoms with Crippen molar-refractivity contribution in [2.24, 2.45) is 0 Å². The highest BCUT2D eigenvalue weighted by Gasteiger charge is 2.02. The largest absolute Gasteiger partial charge is 0.329 e. The highest BCUT2D eigenvalue weighted by molar-refractivity contribution is 5.91. The summed E-state index contributed by atoms with van der Waals surface area (Å²) >= 11 is 0. The molecule has 0 aliphatic rings. The molecule has 0 aromatic heterocycles. The van der Waals surface area contributed by atoms with Crippen molar-refractivity contribution in [3.05, 3.63) is 24.3 Å². The number of rotatable bonds is 17. The number of carbonyl (C=O) groups is 2. The van der Waals surface area contributed by atoms with Crippen molar-refractivity contribution in [2.75, 3.05) is 10.6 Å². The second kappa shape index (κ2) is 16.3. The van der Waals surface area contributed by atoms with E-state index < -0.39 is 0 Å². The standard InChI is InChI=1S/C23H38N2O2/c1-2-3-4-5-6-7-8-9-10-11-12-13-14-15-23(27)25-22-18-16-21(17-19-22)24-20-26/h16-20H,2-15H2,1H3,(H,24,26)(H,25,27). The van der Waals surface area contributed by atoms with Crippen molar-refractivity contribution in [3.63, 3.8) is 0 Å². The smallest absolute Gasteiger partial charge is 0.224 e. The van der Waals surface area contributed by atoms with Crippen molar-refractivity contribution in [1.82, 2.24) is 0 Å². The van der Waals surface area contributed by atoms with Crippen molar-refractivity contribution in [2.45, 2.75) is 96.8 Å². The molecule has 0 fully saturated rings. The van der Waals surface area contributed by atoms with Crippen molar-refractivity contribution in [1.29, 1.82) is 0 Å². The Morgan fingerprint density at radius 3 is 1.67 bits per heavy atom. The third-order valence-corrected chi connectivity index (χ3v) is 4.90. The van der Waals surface area contributed by atoms with Gasteiger partial charge in [-0.05, 0) is 30.7 Å². The molecule has 0 atom stereocenters. The molecule has 0 saturated heterocycles. The summed E-state index contributed by atoms with van der Waals surface area (Å²) in [5.41, 5.74) is 1.49. The number of hydrogen-bond donors (Lipinski definition) is 2. The highest BCUT2D eigenvalue weighted by atomic mass is 16.1. The summed E-state index contributed by atoms with van der Waals surface area (Å²) in [6.07, 6.45) is 18.3. The van der Waals surface area contributed by atoms with Crippen LogP contribution in [0.5, 0.6) is 0 Å². The highest BCUT2D eigenvalue weighted by Crippen LogP contribution is 2.15. The minimum atomic E-state index is 0.0640. The molecule has 0 bridgehead atoms. The van der Waals surface area contributed by atoms with Crippen LogP contribution in [0.15, 0.2) is 24.3 Å². The Balaban J connectivity index is 1.91. The molecule has 2 N–H and O–H groups in total. The first-order valence-electron chi connectivity index (χ1n) is 10.9. The Morgan fingerprint density at radius 1 is 0.741 bits per heavy atom. The van der Waals surface area contributed by atoms with Crippen LogP contribution in [0.2, 0.25) is 0 Å². The van der Waals surface area contributed by atoms with Crippen molar-refractivity contribution >= 4 is 23.7 Å². The van der Waals surface area contributed by atoms with E-state index in [2.05, 4.69) is 17.6 Å². The Hall–Kier alpha value is -1.84. The molecule has 152 valence electrons. The number of carbonyl (C=O) groups excluding carboxylic acids is 2. The van der Waals surface area contributed by atoms with Gasteiger partial charge in [0.25, 0.3) is 0 Å². The van der Waals surface area contributed by atoms with Gasteiger partial charge < -0.3 is 10.6 Å². The van der Waals surface area contributed by atoms with E-state index in [1.807, 2.05) is 0 Å². The summed E-state index contributed by atoms with van der Waals surface area (Å²) in [4.78, 5) is 22.3. The summed E-state index contributed by atoms with van der Waals surface area (Å²) in [5, 5.41) is 5.47. The normalized spacial score (nSPS) is 10.6. The Morgan fingerprint density at radius 2 is 1.19 bits per heavy atom. The van der Waals surface area contributed by atoms with Crippen LogP contribution in [-0.4, -0.2) is 12.3 Å². The van der Waals surface area contributed by atoms with Crippen LogP contribution in [0.25, 0.3) is 0 Å². The molecule has 4 heteroatoms. The van der Waals surface area contributed by atoms with Crippen LogP contribution < -0.4 is 10.6 Å². The Bertz CT molecular complexity index is 500. The fourth-order valence-corrected chi connectivity index (χ4v) is 3.24. The molecule has 4 nitrogen and oxygen atoms in total. The average Bonchev–Trinajstić information content (AvgIpc) is 2.67. The SMILES string of the molecule is CCCCCCCCCCCCCCCC(=O)Nc1ccc(NC=O)cc1. The second-order valence-corrected chi connectivity index (χ2v) is 7.38. The predicted octanol–water partition coefficient (Wildman–Crippen LogP) is 6.67. The molecule has 0 aliphatic heterocycles. The topological polar surface area (TPSA) is 58.2 Å². The zero-order valence-corrected chi connectivity index (χ0v) is 17.1. The van der Waals surface area contributed by atoms with E-state index in [4.69, 9.17) is 0 Å². The minimum Gasteiger partial charge on any atom is -0.329 e. The molecule has 0 radical (unpaired) electrons. The molecule has 0 unspecified atom stereocenters. The van der Waals surface area contributed by atoms with Gasteiger partial charge >= 0.3 is 0 Å². The van der Waals surface area contributed by atoms with E-state index in [1.165, 1.54) is 70.6 Å². The summed E-state index contributed by atoms with van der Waals surface area (Å²) in [5.74, 6) is 0.0640. The van der Waals surface area contributed by atoms with Crippen LogP contribution in [0, 0.1) is 0 Å². The van der Waals surface area contributed by atoms with Crippen molar-refractivity contribution in [3.8, 4) is 0 Å². The Kier molecular flexibility index (Phi) is 14.0. The van der Waals surface area contributed by atoms with E-state index in [9.17, 15) is 9.59 Å². The van der Waals surface area contributed by atoms with Gasteiger partial charge in [-0.2, -0.15) is 0 Å². The maximum Gasteiger partial charge on any atom is 0.224 e. The molecule has 27 heavy (non-hydrogen) atoms. The lowest BCUT2D eigenvalue weighted by Gasteiger charge is -2.06. The third kappa shape index (κ3) is 13.0. The fourth-order valence-electron chi connectivity index (χ4n) is 3.24. The lowest BCUT2D eigenvalue weighted by molar-refractivity contribution is -0.116. The fraction of sp³-hybridized carbons (Fsp3) is 0.652. The van der Waals surface area contributed by atoms with Crippen LogP contribution in [0.1, 0.15) is 96.8 Å². The van der Waals surface area contributed by atoms with Crippen LogP contribution in [-0.2, 0) is 9.59 Å². The monoisotopic (exact) mass is 374 g/mol. The number of amides is 2. The second-order valence-electron chi connectivity index (χ2n) is 7.38. The first-order chi connectivity index (χ1) is 13.3. The van der Waals surface area contributed by atoms with Crippen LogP contribution >= 0.6 is 0 Å². The zero-order chi connectivity index (χ0) is 19.6. The minimum absolute atomic E-state index is 0.0640. The van der Waals surface area contributed by atoms with Gasteiger partial charge in [0.1, 0.15) is 0 Å². The van der Waals surface area contributed by atoms with Gasteiger partial charge in [-0.1, -0.05) is 84.0 Å². The molecular formula is C23H38N2O2. The van der Waals surface area contributed by atoms with E-state index in [-0.39, 0.29) is 5.91 Å². The van der Waals surface area contributed by atoms with Gasteiger partial charge in [0, 0.05) is 17.8 Å². The lowest BCUT2D eigenvalue weighted by Crippen LogP contribution is -2.11. The summed E-state index contributed by atoms with van der Waals surface area (Å²) in [7, 11) is 0. The maximum absolute atomic E-state index is 11.9. The van der Waals surface area contributed by atoms with E-state index in [1.54, 1.807) is 24.3 Å². The molecular weight excluding hydrogens is 336 g/mol. The summed E-state index contributed by atoms with van der Waals surface area (Å²) in [6, 6.07) is 7.14. The van der Waals surface area contributed by atoms with Gasteiger partial charge in [0.05, 0.1) is 0 Å². The molecule has 0 saturated carbocycles. The first kappa shape index (κ1) is 23.2. The van der Waals surface area contributed by atoms with Gasteiger partial charge in [-0.25, -0.2) is 0 Å². The molecule has 2 amide bonds. The number of hydrogen-bond acceptors (Lipinski definition) is 2. The van der Waals surface area contributed by atoms with Crippen LogP contribution in [0.3, 0.4) is 0 Å². The van der Waals surface area contributed by atoms with Gasteiger partial charge in [-0.15, -0.1) is 0 Å². The van der Waals surface area contributed by atoms with Gasteiger partial charge in [0.15, 0.2) is 0 Å².